The van der Waals surface area contributed by atoms with E-state index in [1.807, 2.05) is 4.90 Å². The van der Waals surface area contributed by atoms with Crippen LogP contribution in [0, 0.1) is 0 Å². The van der Waals surface area contributed by atoms with E-state index >= 15 is 0 Å². The fourth-order valence-corrected chi connectivity index (χ4v) is 3.88. The Kier molecular flexibility index (Phi) is 13.2. The van der Waals surface area contributed by atoms with Crippen LogP contribution in [0.5, 0.6) is 0 Å². The molecule has 0 aromatic rings. The first kappa shape index (κ1) is 24.0. The van der Waals surface area contributed by atoms with E-state index < -0.39 is 26.6 Å². The first-order valence-corrected chi connectivity index (χ1v) is 12.2. The van der Waals surface area contributed by atoms with Crippen LogP contribution in [0.15, 0.2) is 0 Å². The largest absolute Gasteiger partial charge is 0.420 e. The zero-order chi connectivity index (χ0) is 18.6. The predicted octanol–water partition coefficient (Wildman–Crippen LogP) is 1.45. The van der Waals surface area contributed by atoms with Crippen molar-refractivity contribution in [2.24, 2.45) is 0 Å². The third kappa shape index (κ3) is 14.3. The van der Waals surface area contributed by atoms with Gasteiger partial charge in [0.05, 0.1) is 24.9 Å². The van der Waals surface area contributed by atoms with E-state index in [0.717, 1.165) is 19.3 Å². The average Bonchev–Trinajstić information content (AvgIpc) is 2.44. The van der Waals surface area contributed by atoms with Gasteiger partial charge in [0, 0.05) is 33.4 Å². The van der Waals surface area contributed by atoms with Crippen molar-refractivity contribution >= 4 is 8.32 Å². The van der Waals surface area contributed by atoms with Crippen molar-refractivity contribution in [3.05, 3.63) is 0 Å². The van der Waals surface area contributed by atoms with Gasteiger partial charge in [0.2, 0.25) is 0 Å². The fraction of sp³-hybridized carbons (Fsp3) is 1.00. The highest BCUT2D eigenvalue weighted by atomic mass is 28.4. The fourth-order valence-electron chi connectivity index (χ4n) is 2.57. The molecule has 0 rings (SSSR count). The Morgan fingerprint density at radius 2 is 1.50 bits per heavy atom. The molecule has 3 unspecified atom stereocenters. The van der Waals surface area contributed by atoms with E-state index in [1.165, 1.54) is 6.04 Å². The number of aliphatic hydroxyl groups is 3. The van der Waals surface area contributed by atoms with Crippen molar-refractivity contribution in [1.82, 2.24) is 4.90 Å². The van der Waals surface area contributed by atoms with Crippen LogP contribution in [-0.2, 0) is 9.16 Å². The van der Waals surface area contributed by atoms with Crippen LogP contribution in [0.2, 0.25) is 19.1 Å². The van der Waals surface area contributed by atoms with Crippen molar-refractivity contribution in [3.63, 3.8) is 0 Å². The second-order valence-corrected chi connectivity index (χ2v) is 11.8. The summed E-state index contributed by atoms with van der Waals surface area (Å²) in [7, 11) is 0.364. The summed E-state index contributed by atoms with van der Waals surface area (Å²) in [6, 6.07) is 1.17. The van der Waals surface area contributed by atoms with Gasteiger partial charge in [-0.05, 0) is 39.4 Å². The molecule has 0 aromatic carbocycles. The van der Waals surface area contributed by atoms with Gasteiger partial charge in [0.1, 0.15) is 0 Å². The van der Waals surface area contributed by atoms with Gasteiger partial charge in [-0.25, -0.2) is 0 Å². The lowest BCUT2D eigenvalue weighted by atomic mass is 10.2. The van der Waals surface area contributed by atoms with Crippen molar-refractivity contribution in [2.45, 2.75) is 70.6 Å². The maximum absolute atomic E-state index is 10.0. The van der Waals surface area contributed by atoms with E-state index in [1.54, 1.807) is 21.0 Å². The van der Waals surface area contributed by atoms with Gasteiger partial charge in [0.25, 0.3) is 0 Å². The standard InChI is InChI=1S/C17H39NO5Si/c1-15(19)11-18(12-16(2)20)13-17(21)14-23-9-7-6-8-10-24(4,5)22-3/h15-17,19-21H,6-14H2,1-5H3. The minimum absolute atomic E-state index is 0.286. The molecule has 0 fully saturated rings. The molecule has 0 aliphatic rings. The van der Waals surface area contributed by atoms with Crippen molar-refractivity contribution in [1.29, 1.82) is 0 Å². The summed E-state index contributed by atoms with van der Waals surface area (Å²) in [6.07, 6.45) is 1.68. The summed E-state index contributed by atoms with van der Waals surface area (Å²) in [5.74, 6) is 0. The van der Waals surface area contributed by atoms with E-state index in [2.05, 4.69) is 13.1 Å². The van der Waals surface area contributed by atoms with Gasteiger partial charge < -0.3 is 24.5 Å². The van der Waals surface area contributed by atoms with Gasteiger partial charge in [0.15, 0.2) is 8.32 Å². The second kappa shape index (κ2) is 13.2. The van der Waals surface area contributed by atoms with Crippen LogP contribution in [0.4, 0.5) is 0 Å². The molecule has 3 N–H and O–H groups in total. The summed E-state index contributed by atoms with van der Waals surface area (Å²) in [5, 5.41) is 29.0. The smallest absolute Gasteiger partial charge is 0.186 e. The number of ether oxygens (including phenoxy) is 1. The van der Waals surface area contributed by atoms with Crippen LogP contribution >= 0.6 is 0 Å². The Morgan fingerprint density at radius 1 is 0.917 bits per heavy atom. The Morgan fingerprint density at radius 3 is 2.00 bits per heavy atom. The molecule has 24 heavy (non-hydrogen) atoms. The van der Waals surface area contributed by atoms with E-state index in [4.69, 9.17) is 9.16 Å². The van der Waals surface area contributed by atoms with E-state index in [0.29, 0.717) is 26.2 Å². The highest BCUT2D eigenvalue weighted by molar-refractivity contribution is 6.71. The average molecular weight is 366 g/mol. The van der Waals surface area contributed by atoms with Gasteiger partial charge in [-0.3, -0.25) is 4.90 Å². The number of hydrogen-bond acceptors (Lipinski definition) is 6. The van der Waals surface area contributed by atoms with Crippen LogP contribution in [0.25, 0.3) is 0 Å². The summed E-state index contributed by atoms with van der Waals surface area (Å²) in [5.41, 5.74) is 0. The van der Waals surface area contributed by atoms with Gasteiger partial charge in [-0.1, -0.05) is 12.8 Å². The Bertz CT molecular complexity index is 293. The number of aliphatic hydroxyl groups excluding tert-OH is 3. The zero-order valence-electron chi connectivity index (χ0n) is 16.2. The van der Waals surface area contributed by atoms with Crippen molar-refractivity contribution in [3.8, 4) is 0 Å². The molecule has 0 aliphatic carbocycles. The Balaban J connectivity index is 3.78. The number of hydrogen-bond donors (Lipinski definition) is 3. The zero-order valence-corrected chi connectivity index (χ0v) is 17.2. The van der Waals surface area contributed by atoms with Crippen LogP contribution in [-0.4, -0.2) is 86.8 Å². The first-order valence-electron chi connectivity index (χ1n) is 9.05. The molecule has 0 saturated heterocycles. The lowest BCUT2D eigenvalue weighted by Gasteiger charge is -2.27. The van der Waals surface area contributed by atoms with Gasteiger partial charge >= 0.3 is 0 Å². The lowest BCUT2D eigenvalue weighted by molar-refractivity contribution is -0.000632. The minimum atomic E-state index is -1.44. The maximum Gasteiger partial charge on any atom is 0.186 e. The monoisotopic (exact) mass is 365 g/mol. The molecular weight excluding hydrogens is 326 g/mol. The maximum atomic E-state index is 10.0. The van der Waals surface area contributed by atoms with Crippen LogP contribution < -0.4 is 0 Å². The minimum Gasteiger partial charge on any atom is -0.420 e. The normalized spacial score (nSPS) is 16.4. The summed E-state index contributed by atoms with van der Waals surface area (Å²) >= 11 is 0. The highest BCUT2D eigenvalue weighted by Crippen LogP contribution is 2.14. The highest BCUT2D eigenvalue weighted by Gasteiger charge is 2.19. The summed E-state index contributed by atoms with van der Waals surface area (Å²) in [6.45, 7) is 10.1. The molecule has 7 heteroatoms. The first-order chi connectivity index (χ1) is 11.2. The Labute approximate surface area is 148 Å². The predicted molar refractivity (Wildman–Crippen MR) is 99.8 cm³/mol. The SMILES string of the molecule is CO[Si](C)(C)CCCCCOCC(O)CN(CC(C)O)CC(C)O. The van der Waals surface area contributed by atoms with Gasteiger partial charge in [-0.2, -0.15) is 0 Å². The third-order valence-electron chi connectivity index (χ3n) is 3.94. The molecule has 0 radical (unpaired) electrons. The van der Waals surface area contributed by atoms with Crippen molar-refractivity contribution < 1.29 is 24.5 Å². The quantitative estimate of drug-likeness (QED) is 0.301. The summed E-state index contributed by atoms with van der Waals surface area (Å²) in [4.78, 5) is 1.86. The van der Waals surface area contributed by atoms with Crippen molar-refractivity contribution in [2.75, 3.05) is 40.0 Å². The molecule has 0 bridgehead atoms. The number of unbranched alkanes of at least 4 members (excludes halogenated alkanes) is 2. The molecule has 0 amide bonds. The molecule has 0 aliphatic heterocycles. The van der Waals surface area contributed by atoms with E-state index in [9.17, 15) is 15.3 Å². The number of nitrogens with zero attached hydrogens (tertiary/aromatic N) is 1. The molecule has 6 nitrogen and oxygen atoms in total. The summed E-state index contributed by atoms with van der Waals surface area (Å²) < 4.78 is 11.1. The second-order valence-electron chi connectivity index (χ2n) is 7.42. The molecule has 146 valence electrons. The molecule has 0 saturated carbocycles. The molecule has 0 spiro atoms. The van der Waals surface area contributed by atoms with Crippen LogP contribution in [0.1, 0.15) is 33.1 Å². The molecule has 0 aromatic heterocycles. The third-order valence-corrected chi connectivity index (χ3v) is 6.61. The number of rotatable bonds is 15. The molecule has 3 atom stereocenters. The molecular formula is C17H39NO5Si. The Hall–Kier alpha value is -0.0231. The van der Waals surface area contributed by atoms with E-state index in [-0.39, 0.29) is 6.61 Å². The topological polar surface area (TPSA) is 82.4 Å². The molecule has 0 heterocycles. The lowest BCUT2D eigenvalue weighted by Crippen LogP contribution is -2.42. The van der Waals surface area contributed by atoms with Gasteiger partial charge in [-0.15, -0.1) is 0 Å². The van der Waals surface area contributed by atoms with Crippen LogP contribution in [0.3, 0.4) is 0 Å².